The number of carbonyl (C=O) groups is 2. The van der Waals surface area contributed by atoms with Crippen LogP contribution in [0, 0.1) is 10.5 Å². The Hall–Kier alpha value is -2.66. The van der Waals surface area contributed by atoms with Crippen molar-refractivity contribution >= 4 is 86.7 Å². The molecule has 1 N–H and O–H groups in total. The van der Waals surface area contributed by atoms with Gasteiger partial charge < -0.3 is 9.47 Å². The lowest BCUT2D eigenvalue weighted by Gasteiger charge is -2.29. The van der Waals surface area contributed by atoms with Crippen LogP contribution in [0.25, 0.3) is 6.08 Å². The number of aryl methyl sites for hydroxylation is 1. The predicted octanol–water partition coefficient (Wildman–Crippen LogP) is 6.33. The molecule has 1 heterocycles. The lowest BCUT2D eigenvalue weighted by atomic mass is 10.1. The van der Waals surface area contributed by atoms with Gasteiger partial charge in [0.1, 0.15) is 12.2 Å². The van der Waals surface area contributed by atoms with E-state index >= 15 is 0 Å². The number of hydrogen-bond donors (Lipinski definition) is 1. The molecule has 0 spiro atoms. The molecule has 0 saturated carbocycles. The molecule has 3 aromatic carbocycles. The van der Waals surface area contributed by atoms with Crippen molar-refractivity contribution in [1.82, 2.24) is 5.32 Å². The standard InChI is InChI=1S/C26H19Cl2IN2O4S/c1-14-6-8-15(9-7-14)13-35-23-19(29)11-16(12-21(23)34-2)10-17-24(32)30-26(36)31(25(17)33)20-5-3-4-18(27)22(20)28/h3-12H,13H2,1-2H3,(H,30,32,36)/b17-10+. The summed E-state index contributed by atoms with van der Waals surface area (Å²) in [6.07, 6.45) is 1.47. The fraction of sp³-hybridized carbons (Fsp3) is 0.115. The fourth-order valence-corrected chi connectivity index (χ4v) is 4.95. The van der Waals surface area contributed by atoms with E-state index in [9.17, 15) is 9.59 Å². The molecule has 3 aromatic rings. The van der Waals surface area contributed by atoms with Crippen molar-refractivity contribution in [2.24, 2.45) is 0 Å². The Kier molecular flexibility index (Phi) is 8.19. The molecule has 1 aliphatic heterocycles. The number of halogens is 3. The topological polar surface area (TPSA) is 67.9 Å². The van der Waals surface area contributed by atoms with Gasteiger partial charge in [0.2, 0.25) is 0 Å². The maximum atomic E-state index is 13.4. The second-order valence-corrected chi connectivity index (χ2v) is 10.2. The smallest absolute Gasteiger partial charge is 0.270 e. The van der Waals surface area contributed by atoms with Gasteiger partial charge in [0.15, 0.2) is 16.6 Å². The number of ether oxygens (including phenoxy) is 2. The van der Waals surface area contributed by atoms with E-state index in [1.807, 2.05) is 31.2 Å². The molecule has 1 saturated heterocycles. The molecular weight excluding hydrogens is 634 g/mol. The van der Waals surface area contributed by atoms with Crippen LogP contribution in [-0.4, -0.2) is 24.0 Å². The molecule has 2 amide bonds. The third-order valence-electron chi connectivity index (χ3n) is 5.34. The largest absolute Gasteiger partial charge is 0.493 e. The number of nitrogens with zero attached hydrogens (tertiary/aromatic N) is 1. The Morgan fingerprint density at radius 2 is 1.83 bits per heavy atom. The first-order valence-corrected chi connectivity index (χ1v) is 12.8. The monoisotopic (exact) mass is 652 g/mol. The van der Waals surface area contributed by atoms with E-state index in [1.165, 1.54) is 18.7 Å². The van der Waals surface area contributed by atoms with Crippen molar-refractivity contribution in [3.8, 4) is 11.5 Å². The highest BCUT2D eigenvalue weighted by Gasteiger charge is 2.35. The molecule has 4 rings (SSSR count). The third kappa shape index (κ3) is 5.51. The van der Waals surface area contributed by atoms with Crippen molar-refractivity contribution in [3.63, 3.8) is 0 Å². The van der Waals surface area contributed by atoms with Gasteiger partial charge in [-0.1, -0.05) is 59.1 Å². The Labute approximate surface area is 237 Å². The molecule has 0 aromatic heterocycles. The van der Waals surface area contributed by atoms with E-state index in [0.29, 0.717) is 23.7 Å². The van der Waals surface area contributed by atoms with Crippen LogP contribution >= 0.6 is 58.0 Å². The minimum Gasteiger partial charge on any atom is -0.493 e. The molecule has 1 aliphatic rings. The zero-order valence-corrected chi connectivity index (χ0v) is 23.6. The maximum absolute atomic E-state index is 13.4. The molecule has 0 unspecified atom stereocenters. The highest BCUT2D eigenvalue weighted by atomic mass is 127. The Bertz CT molecular complexity index is 1410. The van der Waals surface area contributed by atoms with E-state index in [4.69, 9.17) is 44.9 Å². The molecule has 1 fully saturated rings. The van der Waals surface area contributed by atoms with Crippen LogP contribution < -0.4 is 19.7 Å². The van der Waals surface area contributed by atoms with Crippen molar-refractivity contribution in [1.29, 1.82) is 0 Å². The number of carbonyl (C=O) groups excluding carboxylic acids is 2. The average molecular weight is 653 g/mol. The van der Waals surface area contributed by atoms with Gasteiger partial charge in [0, 0.05) is 0 Å². The predicted molar refractivity (Wildman–Crippen MR) is 154 cm³/mol. The van der Waals surface area contributed by atoms with Crippen molar-refractivity contribution in [3.05, 3.63) is 90.5 Å². The van der Waals surface area contributed by atoms with Gasteiger partial charge in [-0.3, -0.25) is 19.8 Å². The second-order valence-electron chi connectivity index (χ2n) is 7.84. The average Bonchev–Trinajstić information content (AvgIpc) is 2.84. The highest BCUT2D eigenvalue weighted by Crippen LogP contribution is 2.37. The molecular formula is C26H19Cl2IN2O4S. The first-order chi connectivity index (χ1) is 17.2. The molecule has 0 atom stereocenters. The minimum absolute atomic E-state index is 0.0849. The van der Waals surface area contributed by atoms with E-state index in [1.54, 1.807) is 30.3 Å². The normalized spacial score (nSPS) is 14.8. The first-order valence-electron chi connectivity index (χ1n) is 10.6. The van der Waals surface area contributed by atoms with Gasteiger partial charge >= 0.3 is 0 Å². The van der Waals surface area contributed by atoms with Crippen LogP contribution in [0.5, 0.6) is 11.5 Å². The number of hydrogen-bond acceptors (Lipinski definition) is 5. The first kappa shape index (κ1) is 26.4. The van der Waals surface area contributed by atoms with Crippen LogP contribution in [0.2, 0.25) is 10.0 Å². The Morgan fingerprint density at radius 1 is 1.11 bits per heavy atom. The van der Waals surface area contributed by atoms with Crippen molar-refractivity contribution in [2.75, 3.05) is 12.0 Å². The van der Waals surface area contributed by atoms with Gasteiger partial charge in [0.25, 0.3) is 11.8 Å². The van der Waals surface area contributed by atoms with Crippen molar-refractivity contribution in [2.45, 2.75) is 13.5 Å². The summed E-state index contributed by atoms with van der Waals surface area (Å²) in [5.74, 6) is -0.210. The fourth-order valence-electron chi connectivity index (χ4n) is 3.51. The summed E-state index contributed by atoms with van der Waals surface area (Å²) in [6, 6.07) is 16.4. The summed E-state index contributed by atoms with van der Waals surface area (Å²) in [6.45, 7) is 2.39. The molecule has 6 nitrogen and oxygen atoms in total. The molecule has 0 radical (unpaired) electrons. The zero-order chi connectivity index (χ0) is 26.0. The van der Waals surface area contributed by atoms with Crippen LogP contribution in [0.1, 0.15) is 16.7 Å². The van der Waals surface area contributed by atoms with Crippen LogP contribution in [-0.2, 0) is 16.2 Å². The summed E-state index contributed by atoms with van der Waals surface area (Å²) in [7, 11) is 1.53. The van der Waals surface area contributed by atoms with E-state index in [2.05, 4.69) is 27.9 Å². The van der Waals surface area contributed by atoms with Crippen LogP contribution in [0.4, 0.5) is 5.69 Å². The van der Waals surface area contributed by atoms with Crippen molar-refractivity contribution < 1.29 is 19.1 Å². The lowest BCUT2D eigenvalue weighted by Crippen LogP contribution is -2.54. The summed E-state index contributed by atoms with van der Waals surface area (Å²) in [4.78, 5) is 27.2. The summed E-state index contributed by atoms with van der Waals surface area (Å²) < 4.78 is 12.3. The molecule has 0 aliphatic carbocycles. The number of benzene rings is 3. The van der Waals surface area contributed by atoms with E-state index in [-0.39, 0.29) is 26.4 Å². The quantitative estimate of drug-likeness (QED) is 0.146. The number of rotatable bonds is 6. The molecule has 0 bridgehead atoms. The zero-order valence-electron chi connectivity index (χ0n) is 19.1. The highest BCUT2D eigenvalue weighted by molar-refractivity contribution is 14.1. The number of amides is 2. The van der Waals surface area contributed by atoms with Gasteiger partial charge in [-0.2, -0.15) is 0 Å². The third-order valence-corrected chi connectivity index (χ3v) is 7.24. The van der Waals surface area contributed by atoms with Crippen LogP contribution in [0.3, 0.4) is 0 Å². The van der Waals surface area contributed by atoms with E-state index < -0.39 is 11.8 Å². The lowest BCUT2D eigenvalue weighted by molar-refractivity contribution is -0.122. The number of nitrogens with one attached hydrogen (secondary N) is 1. The minimum atomic E-state index is -0.624. The van der Waals surface area contributed by atoms with Gasteiger partial charge in [-0.05, 0) is 83.2 Å². The molecule has 10 heteroatoms. The van der Waals surface area contributed by atoms with Gasteiger partial charge in [-0.15, -0.1) is 0 Å². The summed E-state index contributed by atoms with van der Waals surface area (Å²) >= 11 is 19.8. The van der Waals surface area contributed by atoms with Gasteiger partial charge in [0.05, 0.1) is 26.4 Å². The number of thiocarbonyl (C=S) groups is 1. The number of methoxy groups -OCH3 is 1. The summed E-state index contributed by atoms with van der Waals surface area (Å²) in [5.41, 5.74) is 2.91. The van der Waals surface area contributed by atoms with E-state index in [0.717, 1.165) is 14.0 Å². The molecule has 184 valence electrons. The number of anilines is 1. The maximum Gasteiger partial charge on any atom is 0.270 e. The second kappa shape index (κ2) is 11.2. The Morgan fingerprint density at radius 3 is 2.53 bits per heavy atom. The molecule has 36 heavy (non-hydrogen) atoms. The Balaban J connectivity index is 1.66. The van der Waals surface area contributed by atoms with Gasteiger partial charge in [-0.25, -0.2) is 0 Å². The summed E-state index contributed by atoms with van der Waals surface area (Å²) in [5, 5.41) is 2.86. The SMILES string of the molecule is COc1cc(/C=C2\C(=O)NC(=S)N(c3cccc(Cl)c3Cl)C2=O)cc(I)c1OCc1ccc(C)cc1. The van der Waals surface area contributed by atoms with Crippen LogP contribution in [0.15, 0.2) is 60.2 Å².